The minimum Gasteiger partial charge on any atom is -0.339 e. The first-order valence-electron chi connectivity index (χ1n) is 9.65. The summed E-state index contributed by atoms with van der Waals surface area (Å²) in [5, 5.41) is 3.14. The first kappa shape index (κ1) is 21.4. The summed E-state index contributed by atoms with van der Waals surface area (Å²) < 4.78 is 40.8. The zero-order valence-corrected chi connectivity index (χ0v) is 17.4. The van der Waals surface area contributed by atoms with Crippen LogP contribution in [0.25, 0.3) is 0 Å². The van der Waals surface area contributed by atoms with Crippen LogP contribution >= 0.6 is 0 Å². The molecule has 2 aromatic carbocycles. The number of nitrogens with zero attached hydrogens (tertiary/aromatic N) is 2. The van der Waals surface area contributed by atoms with Crippen LogP contribution in [0.15, 0.2) is 59.5 Å². The SMILES string of the molecule is CC(NC(C)c1ccccc1F)C(=O)N1CCN(S(=O)(=O)c2ccccc2)CC1. The van der Waals surface area contributed by atoms with Crippen LogP contribution in [-0.2, 0) is 14.8 Å². The Balaban J connectivity index is 1.58. The summed E-state index contributed by atoms with van der Waals surface area (Å²) in [5.41, 5.74) is 0.505. The third-order valence-electron chi connectivity index (χ3n) is 5.17. The second kappa shape index (κ2) is 9.02. The van der Waals surface area contributed by atoms with Crippen molar-refractivity contribution in [3.63, 3.8) is 0 Å². The standard InChI is InChI=1S/C21H26FN3O3S/c1-16(19-10-6-7-11-20(19)22)23-17(2)21(26)24-12-14-25(15-13-24)29(27,28)18-8-4-3-5-9-18/h3-11,16-17,23H,12-15H2,1-2H3. The number of carbonyl (C=O) groups excluding carboxylic acids is 1. The number of rotatable bonds is 6. The molecule has 6 nitrogen and oxygen atoms in total. The van der Waals surface area contributed by atoms with Crippen molar-refractivity contribution < 1.29 is 17.6 Å². The molecule has 0 radical (unpaired) electrons. The molecule has 2 aromatic rings. The summed E-state index contributed by atoms with van der Waals surface area (Å²) in [5.74, 6) is -0.433. The highest BCUT2D eigenvalue weighted by atomic mass is 32.2. The summed E-state index contributed by atoms with van der Waals surface area (Å²) in [6.45, 7) is 4.70. The molecule has 0 bridgehead atoms. The predicted octanol–water partition coefficient (Wildman–Crippen LogP) is 2.40. The lowest BCUT2D eigenvalue weighted by molar-refractivity contribution is -0.134. The maximum Gasteiger partial charge on any atom is 0.243 e. The number of benzene rings is 2. The molecule has 3 rings (SSSR count). The molecule has 156 valence electrons. The van der Waals surface area contributed by atoms with Gasteiger partial charge in [0.05, 0.1) is 10.9 Å². The summed E-state index contributed by atoms with van der Waals surface area (Å²) in [6, 6.07) is 13.9. The number of hydrogen-bond donors (Lipinski definition) is 1. The Labute approximate surface area is 171 Å². The average molecular weight is 420 g/mol. The summed E-state index contributed by atoms with van der Waals surface area (Å²) in [7, 11) is -3.55. The van der Waals surface area contributed by atoms with Crippen LogP contribution in [0.4, 0.5) is 4.39 Å². The van der Waals surface area contributed by atoms with Gasteiger partial charge in [0.25, 0.3) is 0 Å². The lowest BCUT2D eigenvalue weighted by Crippen LogP contribution is -2.54. The highest BCUT2D eigenvalue weighted by Crippen LogP contribution is 2.19. The quantitative estimate of drug-likeness (QED) is 0.781. The van der Waals surface area contributed by atoms with Gasteiger partial charge in [-0.25, -0.2) is 12.8 Å². The van der Waals surface area contributed by atoms with E-state index in [1.807, 2.05) is 6.92 Å². The van der Waals surface area contributed by atoms with Crippen LogP contribution in [0.2, 0.25) is 0 Å². The van der Waals surface area contributed by atoms with Crippen molar-refractivity contribution in [3.05, 3.63) is 66.0 Å². The normalized spacial score (nSPS) is 17.7. The van der Waals surface area contributed by atoms with E-state index in [4.69, 9.17) is 0 Å². The van der Waals surface area contributed by atoms with Gasteiger partial charge in [0, 0.05) is 37.8 Å². The molecule has 1 heterocycles. The van der Waals surface area contributed by atoms with Gasteiger partial charge in [-0.15, -0.1) is 0 Å². The summed E-state index contributed by atoms with van der Waals surface area (Å²) in [4.78, 5) is 14.7. The molecule has 2 atom stereocenters. The fraction of sp³-hybridized carbons (Fsp3) is 0.381. The Morgan fingerprint density at radius 3 is 2.17 bits per heavy atom. The Kier molecular flexibility index (Phi) is 6.66. The number of nitrogens with one attached hydrogen (secondary N) is 1. The van der Waals surface area contributed by atoms with Gasteiger partial charge in [0.2, 0.25) is 15.9 Å². The number of sulfonamides is 1. The predicted molar refractivity (Wildman–Crippen MR) is 109 cm³/mol. The van der Waals surface area contributed by atoms with E-state index < -0.39 is 16.1 Å². The molecule has 1 aliphatic heterocycles. The van der Waals surface area contributed by atoms with Gasteiger partial charge in [-0.05, 0) is 32.0 Å². The maximum absolute atomic E-state index is 13.9. The van der Waals surface area contributed by atoms with E-state index in [-0.39, 0.29) is 35.8 Å². The lowest BCUT2D eigenvalue weighted by Gasteiger charge is -2.35. The second-order valence-electron chi connectivity index (χ2n) is 7.17. The van der Waals surface area contributed by atoms with Crippen LogP contribution in [0.3, 0.4) is 0 Å². The van der Waals surface area contributed by atoms with E-state index in [0.29, 0.717) is 18.7 Å². The molecule has 0 spiro atoms. The molecule has 29 heavy (non-hydrogen) atoms. The highest BCUT2D eigenvalue weighted by Gasteiger charge is 2.31. The van der Waals surface area contributed by atoms with E-state index in [1.54, 1.807) is 60.4 Å². The van der Waals surface area contributed by atoms with Gasteiger partial charge in [-0.1, -0.05) is 36.4 Å². The number of carbonyl (C=O) groups is 1. The van der Waals surface area contributed by atoms with E-state index in [0.717, 1.165) is 0 Å². The molecule has 1 amide bonds. The van der Waals surface area contributed by atoms with Crippen molar-refractivity contribution in [2.24, 2.45) is 0 Å². The largest absolute Gasteiger partial charge is 0.339 e. The second-order valence-corrected chi connectivity index (χ2v) is 9.11. The van der Waals surface area contributed by atoms with Gasteiger partial charge in [0.15, 0.2) is 0 Å². The summed E-state index contributed by atoms with van der Waals surface area (Å²) in [6.07, 6.45) is 0. The average Bonchev–Trinajstić information content (AvgIpc) is 2.74. The molecular weight excluding hydrogens is 393 g/mol. The van der Waals surface area contributed by atoms with Crippen molar-refractivity contribution in [2.75, 3.05) is 26.2 Å². The van der Waals surface area contributed by atoms with Gasteiger partial charge in [0.1, 0.15) is 5.82 Å². The van der Waals surface area contributed by atoms with E-state index in [9.17, 15) is 17.6 Å². The third-order valence-corrected chi connectivity index (χ3v) is 7.09. The lowest BCUT2D eigenvalue weighted by atomic mass is 10.1. The fourth-order valence-electron chi connectivity index (χ4n) is 3.53. The Morgan fingerprint density at radius 1 is 0.966 bits per heavy atom. The van der Waals surface area contributed by atoms with Crippen LogP contribution < -0.4 is 5.32 Å². The Hall–Kier alpha value is -2.29. The summed E-state index contributed by atoms with van der Waals surface area (Å²) >= 11 is 0. The monoisotopic (exact) mass is 419 g/mol. The zero-order chi connectivity index (χ0) is 21.0. The van der Waals surface area contributed by atoms with Crippen molar-refractivity contribution >= 4 is 15.9 Å². The smallest absolute Gasteiger partial charge is 0.243 e. The molecule has 0 aliphatic carbocycles. The van der Waals surface area contributed by atoms with Gasteiger partial charge in [-0.2, -0.15) is 4.31 Å². The minimum atomic E-state index is -3.55. The molecular formula is C21H26FN3O3S. The molecule has 0 saturated carbocycles. The Morgan fingerprint density at radius 2 is 1.55 bits per heavy atom. The number of hydrogen-bond acceptors (Lipinski definition) is 4. The van der Waals surface area contributed by atoms with Gasteiger partial charge < -0.3 is 4.90 Å². The van der Waals surface area contributed by atoms with Crippen LogP contribution in [0, 0.1) is 5.82 Å². The fourth-order valence-corrected chi connectivity index (χ4v) is 4.97. The van der Waals surface area contributed by atoms with E-state index in [2.05, 4.69) is 5.32 Å². The first-order valence-corrected chi connectivity index (χ1v) is 11.1. The third kappa shape index (κ3) is 4.83. The number of piperazine rings is 1. The molecule has 1 N–H and O–H groups in total. The van der Waals surface area contributed by atoms with E-state index in [1.165, 1.54) is 10.4 Å². The highest BCUT2D eigenvalue weighted by molar-refractivity contribution is 7.89. The van der Waals surface area contributed by atoms with Gasteiger partial charge in [-0.3, -0.25) is 10.1 Å². The minimum absolute atomic E-state index is 0.120. The van der Waals surface area contributed by atoms with Crippen molar-refractivity contribution in [1.82, 2.24) is 14.5 Å². The van der Waals surface area contributed by atoms with Crippen molar-refractivity contribution in [3.8, 4) is 0 Å². The van der Waals surface area contributed by atoms with Crippen LogP contribution in [-0.4, -0.2) is 55.8 Å². The van der Waals surface area contributed by atoms with Gasteiger partial charge >= 0.3 is 0 Å². The zero-order valence-electron chi connectivity index (χ0n) is 16.6. The topological polar surface area (TPSA) is 69.7 Å². The first-order chi connectivity index (χ1) is 13.8. The number of amides is 1. The number of halogens is 1. The molecule has 1 saturated heterocycles. The molecule has 2 unspecified atom stereocenters. The molecule has 1 fully saturated rings. The van der Waals surface area contributed by atoms with E-state index >= 15 is 0 Å². The van der Waals surface area contributed by atoms with Crippen LogP contribution in [0.1, 0.15) is 25.5 Å². The molecule has 1 aliphatic rings. The van der Waals surface area contributed by atoms with Crippen molar-refractivity contribution in [2.45, 2.75) is 30.8 Å². The molecule has 0 aromatic heterocycles. The molecule has 8 heteroatoms. The van der Waals surface area contributed by atoms with Crippen LogP contribution in [0.5, 0.6) is 0 Å². The van der Waals surface area contributed by atoms with Crippen molar-refractivity contribution in [1.29, 1.82) is 0 Å². The maximum atomic E-state index is 13.9. The Bertz CT molecular complexity index is 945.